The third-order valence-corrected chi connectivity index (χ3v) is 3.76. The largest absolute Gasteiger partial charge is 0.425 e. The minimum atomic E-state index is -3.79. The Morgan fingerprint density at radius 1 is 1.41 bits per heavy atom. The Hall–Kier alpha value is -1.25. The van der Waals surface area contributed by atoms with Crippen LogP contribution >= 0.6 is 0 Å². The van der Waals surface area contributed by atoms with Crippen LogP contribution in [0, 0.1) is 0 Å². The predicted molar refractivity (Wildman–Crippen MR) is 59.9 cm³/mol. The van der Waals surface area contributed by atoms with Crippen LogP contribution in [0.4, 0.5) is 0 Å². The van der Waals surface area contributed by atoms with Gasteiger partial charge in [0.25, 0.3) is 0 Å². The summed E-state index contributed by atoms with van der Waals surface area (Å²) in [5.41, 5.74) is 0. The van der Waals surface area contributed by atoms with Gasteiger partial charge in [-0.15, -0.1) is 0 Å². The first-order valence-corrected chi connectivity index (χ1v) is 7.35. The van der Waals surface area contributed by atoms with Crippen molar-refractivity contribution in [2.75, 3.05) is 6.26 Å². The average Bonchev–Trinajstić information content (AvgIpc) is 2.14. The van der Waals surface area contributed by atoms with Crippen LogP contribution in [-0.4, -0.2) is 29.4 Å². The molecule has 1 N–H and O–H groups in total. The van der Waals surface area contributed by atoms with Gasteiger partial charge < -0.3 is 9.29 Å². The minimum absolute atomic E-state index is 0.250. The predicted octanol–water partition coefficient (Wildman–Crippen LogP) is 0.596. The normalized spacial score (nSPS) is 13.1. The van der Waals surface area contributed by atoms with E-state index in [1.165, 1.54) is 18.2 Å². The van der Waals surface area contributed by atoms with Gasteiger partial charge in [-0.1, -0.05) is 6.07 Å². The van der Waals surface area contributed by atoms with Crippen LogP contribution in [0.5, 0.6) is 5.75 Å². The van der Waals surface area contributed by atoms with E-state index in [4.69, 9.17) is 9.29 Å². The summed E-state index contributed by atoms with van der Waals surface area (Å²) in [7, 11) is -3.79. The summed E-state index contributed by atoms with van der Waals surface area (Å²) in [5, 5.41) is 0. The average molecular weight is 278 g/mol. The minimum Gasteiger partial charge on any atom is -0.425 e. The second kappa shape index (κ2) is 4.94. The van der Waals surface area contributed by atoms with E-state index in [0.29, 0.717) is 0 Å². The number of carbonyl (C=O) groups is 1. The van der Waals surface area contributed by atoms with Gasteiger partial charge in [0.05, 0.1) is 4.90 Å². The first-order chi connectivity index (χ1) is 7.73. The zero-order chi connectivity index (χ0) is 13.2. The fourth-order valence-electron chi connectivity index (χ4n) is 1.23. The Kier molecular flexibility index (Phi) is 4.02. The maximum Gasteiger partial charge on any atom is 0.308 e. The highest BCUT2D eigenvalue weighted by Gasteiger charge is 2.23. The SMILES string of the molecule is CC(=O)Oc1cccc(S(=O)O)c1S(C)(=O)=O. The molecule has 0 aromatic heterocycles. The van der Waals surface area contributed by atoms with Gasteiger partial charge in [-0.25, -0.2) is 12.6 Å². The molecule has 0 spiro atoms. The highest BCUT2D eigenvalue weighted by atomic mass is 32.2. The molecular weight excluding hydrogens is 268 g/mol. The maximum absolute atomic E-state index is 11.5. The van der Waals surface area contributed by atoms with Crippen molar-refractivity contribution >= 4 is 26.9 Å². The van der Waals surface area contributed by atoms with E-state index in [-0.39, 0.29) is 10.6 Å². The first kappa shape index (κ1) is 13.8. The van der Waals surface area contributed by atoms with Crippen molar-refractivity contribution in [1.29, 1.82) is 0 Å². The zero-order valence-corrected chi connectivity index (χ0v) is 10.7. The van der Waals surface area contributed by atoms with Crippen molar-refractivity contribution in [2.45, 2.75) is 16.7 Å². The van der Waals surface area contributed by atoms with Gasteiger partial charge in [-0.05, 0) is 12.1 Å². The molecule has 0 fully saturated rings. The lowest BCUT2D eigenvalue weighted by Crippen LogP contribution is -2.10. The summed E-state index contributed by atoms with van der Waals surface area (Å²) in [4.78, 5) is 10.1. The Morgan fingerprint density at radius 3 is 2.41 bits per heavy atom. The molecule has 1 aromatic rings. The van der Waals surface area contributed by atoms with Crippen molar-refractivity contribution in [3.63, 3.8) is 0 Å². The second-order valence-electron chi connectivity index (χ2n) is 3.20. The van der Waals surface area contributed by atoms with Gasteiger partial charge in [-0.3, -0.25) is 4.79 Å². The smallest absolute Gasteiger partial charge is 0.308 e. The Balaban J connectivity index is 3.57. The molecule has 0 radical (unpaired) electrons. The van der Waals surface area contributed by atoms with Gasteiger partial charge in [0, 0.05) is 13.2 Å². The maximum atomic E-state index is 11.5. The van der Waals surface area contributed by atoms with Crippen molar-refractivity contribution in [3.05, 3.63) is 18.2 Å². The molecule has 0 aliphatic heterocycles. The van der Waals surface area contributed by atoms with Gasteiger partial charge in [0.1, 0.15) is 4.90 Å². The summed E-state index contributed by atoms with van der Waals surface area (Å²) >= 11 is -2.48. The highest BCUT2D eigenvalue weighted by molar-refractivity contribution is 7.91. The van der Waals surface area contributed by atoms with Gasteiger partial charge >= 0.3 is 5.97 Å². The van der Waals surface area contributed by atoms with Gasteiger partial charge in [0.2, 0.25) is 0 Å². The number of carbonyl (C=O) groups excluding carboxylic acids is 1. The lowest BCUT2D eigenvalue weighted by atomic mass is 10.3. The number of sulfone groups is 1. The topological polar surface area (TPSA) is 97.7 Å². The van der Waals surface area contributed by atoms with Crippen LogP contribution in [0.2, 0.25) is 0 Å². The summed E-state index contributed by atoms with van der Waals surface area (Å²) in [6.45, 7) is 1.11. The molecule has 0 saturated heterocycles. The van der Waals surface area contributed by atoms with Gasteiger partial charge in [0.15, 0.2) is 26.7 Å². The van der Waals surface area contributed by atoms with Crippen LogP contribution in [0.3, 0.4) is 0 Å². The van der Waals surface area contributed by atoms with E-state index in [1.54, 1.807) is 0 Å². The molecule has 0 bridgehead atoms. The van der Waals surface area contributed by atoms with E-state index in [0.717, 1.165) is 13.2 Å². The van der Waals surface area contributed by atoms with E-state index in [9.17, 15) is 17.4 Å². The van der Waals surface area contributed by atoms with E-state index in [1.807, 2.05) is 0 Å². The number of hydrogen-bond donors (Lipinski definition) is 1. The summed E-state index contributed by atoms with van der Waals surface area (Å²) in [6.07, 6.45) is 0.867. The second-order valence-corrected chi connectivity index (χ2v) is 6.09. The molecule has 0 aliphatic rings. The molecule has 6 nitrogen and oxygen atoms in total. The fourth-order valence-corrected chi connectivity index (χ4v) is 3.26. The number of ether oxygens (including phenoxy) is 1. The van der Waals surface area contributed by atoms with E-state index < -0.39 is 31.8 Å². The molecule has 94 valence electrons. The monoisotopic (exact) mass is 278 g/mol. The number of esters is 1. The van der Waals surface area contributed by atoms with Crippen LogP contribution < -0.4 is 4.74 Å². The Labute approximate surface area is 101 Å². The van der Waals surface area contributed by atoms with E-state index >= 15 is 0 Å². The van der Waals surface area contributed by atoms with Crippen LogP contribution in [-0.2, 0) is 25.7 Å². The van der Waals surface area contributed by atoms with Crippen LogP contribution in [0.25, 0.3) is 0 Å². The number of rotatable bonds is 3. The van der Waals surface area contributed by atoms with Crippen molar-refractivity contribution < 1.29 is 26.7 Å². The standard InChI is InChI=1S/C9H10O6S2/c1-6(10)15-7-4-3-5-8(16(11)12)9(7)17(2,13)14/h3-5H,1-2H3,(H,11,12). The van der Waals surface area contributed by atoms with E-state index in [2.05, 4.69) is 0 Å². The lowest BCUT2D eigenvalue weighted by Gasteiger charge is -2.09. The molecule has 17 heavy (non-hydrogen) atoms. The fraction of sp³-hybridized carbons (Fsp3) is 0.222. The number of hydrogen-bond acceptors (Lipinski definition) is 5. The molecule has 0 aliphatic carbocycles. The zero-order valence-electron chi connectivity index (χ0n) is 9.04. The molecule has 1 atom stereocenters. The lowest BCUT2D eigenvalue weighted by molar-refractivity contribution is -0.132. The Bertz CT molecular complexity index is 575. The molecule has 0 amide bonds. The van der Waals surface area contributed by atoms with Crippen molar-refractivity contribution in [1.82, 2.24) is 0 Å². The molecule has 1 unspecified atom stereocenters. The third kappa shape index (κ3) is 3.35. The van der Waals surface area contributed by atoms with Crippen LogP contribution in [0.1, 0.15) is 6.92 Å². The summed E-state index contributed by atoms with van der Waals surface area (Å²) in [6, 6.07) is 3.75. The van der Waals surface area contributed by atoms with Gasteiger partial charge in [-0.2, -0.15) is 0 Å². The Morgan fingerprint density at radius 2 is 2.00 bits per heavy atom. The van der Waals surface area contributed by atoms with Crippen molar-refractivity contribution in [3.8, 4) is 5.75 Å². The molecule has 8 heteroatoms. The molecule has 0 heterocycles. The summed E-state index contributed by atoms with van der Waals surface area (Å²) < 4.78 is 47.8. The quantitative estimate of drug-likeness (QED) is 0.494. The number of benzene rings is 1. The molecule has 1 rings (SSSR count). The third-order valence-electron chi connectivity index (χ3n) is 1.76. The highest BCUT2D eigenvalue weighted by Crippen LogP contribution is 2.29. The van der Waals surface area contributed by atoms with Crippen molar-refractivity contribution in [2.24, 2.45) is 0 Å². The summed E-state index contributed by atoms with van der Waals surface area (Å²) in [5.74, 6) is -0.962. The molecule has 1 aromatic carbocycles. The molecular formula is C9H10O6S2. The first-order valence-electron chi connectivity index (χ1n) is 4.36. The van der Waals surface area contributed by atoms with Crippen LogP contribution in [0.15, 0.2) is 28.0 Å². The molecule has 0 saturated carbocycles.